The number of halogens is 3. The van der Waals surface area contributed by atoms with Crippen molar-refractivity contribution in [3.63, 3.8) is 0 Å². The standard InChI is InChI=1S/C24H27ClF2N2O4S/c1-23(2,31)22(30)29-17-12-24(27,13-17)21(28-34(3,32)33)19(29)11-15-7-5-9-18(20(15)26)14-6-4-8-16(25)10-14/h4-10,17,19,21,28,31H,11-13H2,1-3H3/t17?,19-,21+,24?/m1/s1. The van der Waals surface area contributed by atoms with Gasteiger partial charge in [0, 0.05) is 29.5 Å². The number of piperidine rings is 2. The van der Waals surface area contributed by atoms with E-state index in [-0.39, 0.29) is 30.4 Å². The molecule has 2 N–H and O–H groups in total. The molecule has 0 radical (unpaired) electrons. The minimum absolute atomic E-state index is 0.0520. The number of benzene rings is 2. The maximum Gasteiger partial charge on any atom is 0.254 e. The molecule has 2 aliphatic heterocycles. The van der Waals surface area contributed by atoms with E-state index in [9.17, 15) is 18.3 Å². The maximum atomic E-state index is 15.7. The van der Waals surface area contributed by atoms with Gasteiger partial charge in [0.1, 0.15) is 17.1 Å². The molecule has 2 atom stereocenters. The zero-order chi connectivity index (χ0) is 25.1. The van der Waals surface area contributed by atoms with E-state index in [1.807, 2.05) is 0 Å². The summed E-state index contributed by atoms with van der Waals surface area (Å²) in [6.45, 7) is 2.64. The van der Waals surface area contributed by atoms with Gasteiger partial charge in [-0.15, -0.1) is 0 Å². The van der Waals surface area contributed by atoms with Gasteiger partial charge < -0.3 is 10.0 Å². The second kappa shape index (κ2) is 8.55. The van der Waals surface area contributed by atoms with Crippen LogP contribution in [0.15, 0.2) is 42.5 Å². The van der Waals surface area contributed by atoms with Crippen molar-refractivity contribution in [2.24, 2.45) is 0 Å². The highest BCUT2D eigenvalue weighted by Crippen LogP contribution is 2.50. The van der Waals surface area contributed by atoms with Crippen LogP contribution in [-0.4, -0.2) is 60.0 Å². The Morgan fingerprint density at radius 3 is 2.50 bits per heavy atom. The van der Waals surface area contributed by atoms with Gasteiger partial charge in [0.25, 0.3) is 5.91 Å². The van der Waals surface area contributed by atoms with Crippen molar-refractivity contribution >= 4 is 27.5 Å². The van der Waals surface area contributed by atoms with Gasteiger partial charge in [-0.1, -0.05) is 41.9 Å². The van der Waals surface area contributed by atoms with Gasteiger partial charge in [0.2, 0.25) is 10.0 Å². The predicted octanol–water partition coefficient (Wildman–Crippen LogP) is 3.46. The Labute approximate surface area is 203 Å². The second-order valence-corrected chi connectivity index (χ2v) is 12.0. The molecule has 3 aliphatic rings. The molecule has 0 spiro atoms. The molecule has 1 aliphatic carbocycles. The highest BCUT2D eigenvalue weighted by Gasteiger charge is 2.64. The largest absolute Gasteiger partial charge is 0.381 e. The molecule has 0 aromatic heterocycles. The lowest BCUT2D eigenvalue weighted by Gasteiger charge is -2.61. The quantitative estimate of drug-likeness (QED) is 0.620. The lowest BCUT2D eigenvalue weighted by atomic mass is 9.64. The Bertz CT molecular complexity index is 1230. The molecule has 1 saturated carbocycles. The third kappa shape index (κ3) is 4.71. The highest BCUT2D eigenvalue weighted by atomic mass is 35.5. The lowest BCUT2D eigenvalue weighted by molar-refractivity contribution is -0.181. The van der Waals surface area contributed by atoms with Crippen LogP contribution in [-0.2, 0) is 21.2 Å². The average Bonchev–Trinajstić information content (AvgIpc) is 2.69. The fourth-order valence-electron chi connectivity index (χ4n) is 5.06. The number of hydrogen-bond acceptors (Lipinski definition) is 4. The Morgan fingerprint density at radius 1 is 1.26 bits per heavy atom. The van der Waals surface area contributed by atoms with Crippen LogP contribution in [0.25, 0.3) is 11.1 Å². The van der Waals surface area contributed by atoms with Crippen molar-refractivity contribution in [3.05, 3.63) is 58.9 Å². The summed E-state index contributed by atoms with van der Waals surface area (Å²) in [4.78, 5) is 14.5. The molecule has 6 nitrogen and oxygen atoms in total. The molecule has 1 amide bonds. The molecule has 2 aromatic rings. The van der Waals surface area contributed by atoms with E-state index in [0.29, 0.717) is 10.6 Å². The zero-order valence-corrected chi connectivity index (χ0v) is 20.6. The van der Waals surface area contributed by atoms with Crippen molar-refractivity contribution < 1.29 is 27.1 Å². The zero-order valence-electron chi connectivity index (χ0n) is 19.1. The lowest BCUT2D eigenvalue weighted by Crippen LogP contribution is -2.78. The van der Waals surface area contributed by atoms with Crippen molar-refractivity contribution in [2.75, 3.05) is 6.26 Å². The summed E-state index contributed by atoms with van der Waals surface area (Å²) in [6.07, 6.45) is 0.672. The van der Waals surface area contributed by atoms with E-state index in [4.69, 9.17) is 11.6 Å². The van der Waals surface area contributed by atoms with Crippen LogP contribution in [0.1, 0.15) is 32.3 Å². The molecule has 10 heteroatoms. The van der Waals surface area contributed by atoms with Crippen LogP contribution >= 0.6 is 11.6 Å². The fourth-order valence-corrected chi connectivity index (χ4v) is 6.08. The second-order valence-electron chi connectivity index (χ2n) is 9.80. The van der Waals surface area contributed by atoms with Crippen LogP contribution in [0, 0.1) is 5.82 Å². The average molecular weight is 513 g/mol. The first kappa shape index (κ1) is 25.0. The Morgan fingerprint density at radius 2 is 1.91 bits per heavy atom. The van der Waals surface area contributed by atoms with Crippen molar-refractivity contribution in [2.45, 2.75) is 62.5 Å². The third-order valence-electron chi connectivity index (χ3n) is 6.59. The summed E-state index contributed by atoms with van der Waals surface area (Å²) >= 11 is 6.06. The molecule has 3 fully saturated rings. The SMILES string of the molecule is CC(C)(O)C(=O)N1C2CC(F)(C2)[C@@H](NS(C)(=O)=O)[C@H]1Cc1cccc(-c2cccc(Cl)c2)c1F. The minimum atomic E-state index is -3.84. The third-order valence-corrected chi connectivity index (χ3v) is 7.50. The molecule has 2 bridgehead atoms. The predicted molar refractivity (Wildman–Crippen MR) is 126 cm³/mol. The molecule has 0 unspecified atom stereocenters. The Kier molecular flexibility index (Phi) is 6.29. The van der Waals surface area contributed by atoms with E-state index in [0.717, 1.165) is 6.26 Å². The van der Waals surface area contributed by atoms with Gasteiger partial charge in [0.15, 0.2) is 0 Å². The normalized spacial score (nSPS) is 26.8. The highest BCUT2D eigenvalue weighted by molar-refractivity contribution is 7.88. The first-order valence-electron chi connectivity index (χ1n) is 10.9. The number of amides is 1. The summed E-state index contributed by atoms with van der Waals surface area (Å²) in [5.74, 6) is -1.22. The summed E-state index contributed by atoms with van der Waals surface area (Å²) < 4.78 is 57.9. The van der Waals surface area contributed by atoms with Crippen molar-refractivity contribution in [1.29, 1.82) is 0 Å². The Hall–Kier alpha value is -2.07. The molecule has 5 rings (SSSR count). The van der Waals surface area contributed by atoms with Crippen LogP contribution in [0.3, 0.4) is 0 Å². The molecule has 184 valence electrons. The number of fused-ring (bicyclic) bond motifs is 2. The van der Waals surface area contributed by atoms with Crippen LogP contribution in [0.5, 0.6) is 0 Å². The van der Waals surface area contributed by atoms with Gasteiger partial charge in [-0.25, -0.2) is 21.9 Å². The number of aliphatic hydroxyl groups is 1. The van der Waals surface area contributed by atoms with Gasteiger partial charge in [-0.05, 0) is 43.5 Å². The first-order chi connectivity index (χ1) is 15.7. The maximum absolute atomic E-state index is 15.7. The number of sulfonamides is 1. The topological polar surface area (TPSA) is 86.7 Å². The fraction of sp³-hybridized carbons (Fsp3) is 0.458. The first-order valence-corrected chi connectivity index (χ1v) is 13.2. The molecule has 2 heterocycles. The number of alkyl halides is 1. The van der Waals surface area contributed by atoms with Crippen LogP contribution in [0.2, 0.25) is 5.02 Å². The number of hydrogen-bond donors (Lipinski definition) is 2. The number of rotatable bonds is 6. The monoisotopic (exact) mass is 512 g/mol. The molecule has 34 heavy (non-hydrogen) atoms. The van der Waals surface area contributed by atoms with Gasteiger partial charge >= 0.3 is 0 Å². The van der Waals surface area contributed by atoms with Crippen molar-refractivity contribution in [3.8, 4) is 11.1 Å². The van der Waals surface area contributed by atoms with E-state index >= 15 is 8.78 Å². The molecule has 2 saturated heterocycles. The van der Waals surface area contributed by atoms with E-state index in [2.05, 4.69) is 4.72 Å². The smallest absolute Gasteiger partial charge is 0.254 e. The van der Waals surface area contributed by atoms with E-state index < -0.39 is 51.1 Å². The summed E-state index contributed by atoms with van der Waals surface area (Å²) in [5.41, 5.74) is -2.60. The number of nitrogens with zero attached hydrogens (tertiary/aromatic N) is 1. The Balaban J connectivity index is 1.77. The summed E-state index contributed by atoms with van der Waals surface area (Å²) in [7, 11) is -3.84. The van der Waals surface area contributed by atoms with Gasteiger partial charge in [-0.2, -0.15) is 0 Å². The van der Waals surface area contributed by atoms with Crippen LogP contribution in [0.4, 0.5) is 8.78 Å². The van der Waals surface area contributed by atoms with Crippen molar-refractivity contribution in [1.82, 2.24) is 9.62 Å². The van der Waals surface area contributed by atoms with Crippen LogP contribution < -0.4 is 4.72 Å². The number of carbonyl (C=O) groups is 1. The van der Waals surface area contributed by atoms with Gasteiger partial charge in [-0.3, -0.25) is 4.79 Å². The molecule has 2 aromatic carbocycles. The summed E-state index contributed by atoms with van der Waals surface area (Å²) in [5, 5.41) is 10.8. The molecular weight excluding hydrogens is 486 g/mol. The minimum Gasteiger partial charge on any atom is -0.381 e. The van der Waals surface area contributed by atoms with Gasteiger partial charge in [0.05, 0.1) is 18.3 Å². The number of nitrogens with one attached hydrogen (secondary N) is 1. The van der Waals surface area contributed by atoms with E-state index in [1.165, 1.54) is 24.8 Å². The molecular formula is C24H27ClF2N2O4S. The summed E-state index contributed by atoms with van der Waals surface area (Å²) in [6, 6.07) is 8.63. The number of carbonyl (C=O) groups excluding carboxylic acids is 1. The van der Waals surface area contributed by atoms with E-state index in [1.54, 1.807) is 36.4 Å².